The minimum atomic E-state index is -3.89. The van der Waals surface area contributed by atoms with Gasteiger partial charge in [-0.05, 0) is 19.0 Å². The Labute approximate surface area is 129 Å². The maximum absolute atomic E-state index is 12.1. The Morgan fingerprint density at radius 3 is 2.67 bits per heavy atom. The lowest BCUT2D eigenvalue weighted by molar-refractivity contribution is -0.387. The van der Waals surface area contributed by atoms with E-state index in [1.54, 1.807) is 0 Å². The molecule has 0 aromatic heterocycles. The molecule has 1 heterocycles. The fourth-order valence-electron chi connectivity index (χ4n) is 1.93. The van der Waals surface area contributed by atoms with Gasteiger partial charge in [-0.2, -0.15) is 0 Å². The molecule has 1 aliphatic heterocycles. The van der Waals surface area contributed by atoms with Gasteiger partial charge in [-0.25, -0.2) is 13.1 Å². The fraction of sp³-hybridized carbons (Fsp3) is 0.333. The second-order valence-corrected chi connectivity index (χ2v) is 6.10. The van der Waals surface area contributed by atoms with Gasteiger partial charge >= 0.3 is 0 Å². The van der Waals surface area contributed by atoms with Crippen molar-refractivity contribution in [3.8, 4) is 0 Å². The molecule has 0 radical (unpaired) electrons. The number of nitrogens with zero attached hydrogens (tertiary/aromatic N) is 1. The molecule has 0 unspecified atom stereocenters. The first kappa shape index (κ1) is 17.6. The van der Waals surface area contributed by atoms with Crippen molar-refractivity contribution in [2.45, 2.75) is 11.3 Å². The minimum Gasteiger partial charge on any atom is -0.313 e. The van der Waals surface area contributed by atoms with Crippen LogP contribution in [0.4, 0.5) is 5.69 Å². The summed E-state index contributed by atoms with van der Waals surface area (Å²) in [5.41, 5.74) is 0.560. The number of nitro groups is 1. The van der Waals surface area contributed by atoms with Crippen LogP contribution in [0.1, 0.15) is 6.42 Å². The van der Waals surface area contributed by atoms with Gasteiger partial charge in [-0.1, -0.05) is 23.8 Å². The number of hydrogen-bond acceptors (Lipinski definition) is 5. The lowest BCUT2D eigenvalue weighted by Gasteiger charge is -2.14. The fourth-order valence-corrected chi connectivity index (χ4v) is 3.14. The van der Waals surface area contributed by atoms with Gasteiger partial charge in [0.15, 0.2) is 4.90 Å². The van der Waals surface area contributed by atoms with Crippen LogP contribution in [0, 0.1) is 10.1 Å². The average molecular weight is 334 g/mol. The first-order valence-corrected chi connectivity index (χ1v) is 7.61. The van der Waals surface area contributed by atoms with E-state index in [1.165, 1.54) is 24.3 Å². The van der Waals surface area contributed by atoms with Gasteiger partial charge in [0.2, 0.25) is 10.0 Å². The number of halogens is 1. The molecule has 0 saturated heterocycles. The van der Waals surface area contributed by atoms with Crippen LogP contribution in [0.3, 0.4) is 0 Å². The van der Waals surface area contributed by atoms with E-state index in [4.69, 9.17) is 0 Å². The summed E-state index contributed by atoms with van der Waals surface area (Å²) in [5, 5.41) is 14.0. The van der Waals surface area contributed by atoms with Crippen LogP contribution in [0.25, 0.3) is 0 Å². The Kier molecular flexibility index (Phi) is 6.28. The van der Waals surface area contributed by atoms with Crippen molar-refractivity contribution in [1.82, 2.24) is 10.0 Å². The molecule has 2 N–H and O–H groups in total. The van der Waals surface area contributed by atoms with E-state index in [-0.39, 0.29) is 23.8 Å². The Morgan fingerprint density at radius 2 is 2.05 bits per heavy atom. The highest BCUT2D eigenvalue weighted by Gasteiger charge is 2.24. The topological polar surface area (TPSA) is 101 Å². The standard InChI is InChI=1S/C12H15N3O4S.ClH/c16-15(17)11-3-1-2-4-12(11)20(18,19)14-9-10-5-7-13-8-6-10;/h1-5,13-14H,6-9H2;1H. The highest BCUT2D eigenvalue weighted by molar-refractivity contribution is 7.89. The molecular formula is C12H16ClN3O4S. The van der Waals surface area contributed by atoms with Crippen LogP contribution in [0.15, 0.2) is 40.8 Å². The Morgan fingerprint density at radius 1 is 1.33 bits per heavy atom. The lowest BCUT2D eigenvalue weighted by atomic mass is 10.1. The molecule has 0 amide bonds. The van der Waals surface area contributed by atoms with Gasteiger partial charge in [0.25, 0.3) is 5.69 Å². The number of benzene rings is 1. The van der Waals surface area contributed by atoms with Crippen molar-refractivity contribution >= 4 is 28.1 Å². The summed E-state index contributed by atoms with van der Waals surface area (Å²) < 4.78 is 26.7. The minimum absolute atomic E-state index is 0. The van der Waals surface area contributed by atoms with Crippen molar-refractivity contribution in [1.29, 1.82) is 0 Å². The molecule has 0 bridgehead atoms. The largest absolute Gasteiger partial charge is 0.313 e. The van der Waals surface area contributed by atoms with Crippen LogP contribution in [-0.4, -0.2) is 33.0 Å². The van der Waals surface area contributed by atoms with E-state index in [2.05, 4.69) is 10.0 Å². The third-order valence-corrected chi connectivity index (χ3v) is 4.45. The molecule has 1 aliphatic rings. The van der Waals surface area contributed by atoms with Crippen LogP contribution in [-0.2, 0) is 10.0 Å². The van der Waals surface area contributed by atoms with Crippen LogP contribution >= 0.6 is 12.4 Å². The molecule has 7 nitrogen and oxygen atoms in total. The van der Waals surface area contributed by atoms with Gasteiger partial charge in [-0.3, -0.25) is 10.1 Å². The first-order valence-electron chi connectivity index (χ1n) is 6.12. The third kappa shape index (κ3) is 4.50. The molecule has 1 aromatic carbocycles. The highest BCUT2D eigenvalue weighted by atomic mass is 35.5. The SMILES string of the molecule is Cl.O=[N+]([O-])c1ccccc1S(=O)(=O)NCC1=CCNCC1. The quantitative estimate of drug-likeness (QED) is 0.479. The Hall–Kier alpha value is -1.48. The summed E-state index contributed by atoms with van der Waals surface area (Å²) in [6.07, 6.45) is 2.69. The smallest absolute Gasteiger partial charge is 0.289 e. The maximum Gasteiger partial charge on any atom is 0.289 e. The molecule has 0 atom stereocenters. The molecular weight excluding hydrogens is 318 g/mol. The molecule has 0 fully saturated rings. The van der Waals surface area contributed by atoms with Crippen molar-refractivity contribution in [2.24, 2.45) is 0 Å². The molecule has 116 valence electrons. The number of hydrogen-bond donors (Lipinski definition) is 2. The van der Waals surface area contributed by atoms with Crippen LogP contribution in [0.2, 0.25) is 0 Å². The summed E-state index contributed by atoms with van der Waals surface area (Å²) in [6, 6.07) is 5.31. The number of nitro benzene ring substituents is 1. The van der Waals surface area contributed by atoms with E-state index >= 15 is 0 Å². The Bertz CT molecular complexity index is 646. The average Bonchev–Trinajstić information content (AvgIpc) is 2.46. The van der Waals surface area contributed by atoms with Gasteiger partial charge in [-0.15, -0.1) is 12.4 Å². The monoisotopic (exact) mass is 333 g/mol. The molecule has 1 aromatic rings. The molecule has 21 heavy (non-hydrogen) atoms. The van der Waals surface area contributed by atoms with Crippen molar-refractivity contribution < 1.29 is 13.3 Å². The maximum atomic E-state index is 12.1. The molecule has 2 rings (SSSR count). The predicted octanol–water partition coefficient (Wildman–Crippen LogP) is 1.21. The van der Waals surface area contributed by atoms with Gasteiger partial charge < -0.3 is 5.32 Å². The molecule has 0 aliphatic carbocycles. The second-order valence-electron chi connectivity index (χ2n) is 4.37. The Balaban J connectivity index is 0.00000220. The summed E-state index contributed by atoms with van der Waals surface area (Å²) in [5.74, 6) is 0. The second kappa shape index (κ2) is 7.51. The highest BCUT2D eigenvalue weighted by Crippen LogP contribution is 2.22. The van der Waals surface area contributed by atoms with E-state index in [9.17, 15) is 18.5 Å². The van der Waals surface area contributed by atoms with Gasteiger partial charge in [0.05, 0.1) is 4.92 Å². The summed E-state index contributed by atoms with van der Waals surface area (Å²) >= 11 is 0. The van der Waals surface area contributed by atoms with E-state index in [0.29, 0.717) is 6.54 Å². The summed E-state index contributed by atoms with van der Waals surface area (Å²) in [7, 11) is -3.89. The zero-order valence-electron chi connectivity index (χ0n) is 11.1. The summed E-state index contributed by atoms with van der Waals surface area (Å²) in [4.78, 5) is 9.87. The first-order chi connectivity index (χ1) is 9.50. The molecule has 9 heteroatoms. The van der Waals surface area contributed by atoms with Crippen molar-refractivity contribution in [3.63, 3.8) is 0 Å². The third-order valence-electron chi connectivity index (χ3n) is 3.00. The van der Waals surface area contributed by atoms with E-state index in [0.717, 1.165) is 18.5 Å². The molecule has 0 spiro atoms. The van der Waals surface area contributed by atoms with E-state index in [1.807, 2.05) is 6.08 Å². The van der Waals surface area contributed by atoms with Gasteiger partial charge in [0.1, 0.15) is 0 Å². The number of para-hydroxylation sites is 1. The summed E-state index contributed by atoms with van der Waals surface area (Å²) in [6.45, 7) is 1.69. The van der Waals surface area contributed by atoms with Crippen LogP contribution < -0.4 is 10.0 Å². The number of rotatable bonds is 5. The van der Waals surface area contributed by atoms with Crippen molar-refractivity contribution in [3.05, 3.63) is 46.0 Å². The van der Waals surface area contributed by atoms with Crippen LogP contribution in [0.5, 0.6) is 0 Å². The number of sulfonamides is 1. The molecule has 0 saturated carbocycles. The lowest BCUT2D eigenvalue weighted by Crippen LogP contribution is -2.30. The zero-order valence-corrected chi connectivity index (χ0v) is 12.7. The normalized spacial score (nSPS) is 15.0. The predicted molar refractivity (Wildman–Crippen MR) is 81.1 cm³/mol. The zero-order chi connectivity index (χ0) is 14.6. The number of nitrogens with one attached hydrogen (secondary N) is 2. The van der Waals surface area contributed by atoms with Gasteiger partial charge in [0, 0.05) is 19.2 Å². The van der Waals surface area contributed by atoms with Crippen molar-refractivity contribution in [2.75, 3.05) is 19.6 Å². The van der Waals surface area contributed by atoms with E-state index < -0.39 is 20.6 Å².